The van der Waals surface area contributed by atoms with Gasteiger partial charge in [-0.3, -0.25) is 9.59 Å². The van der Waals surface area contributed by atoms with E-state index in [4.69, 9.17) is 4.74 Å². The van der Waals surface area contributed by atoms with Crippen LogP contribution in [0.1, 0.15) is 23.2 Å². The topological polar surface area (TPSA) is 49.9 Å². The maximum atomic E-state index is 13.8. The van der Waals surface area contributed by atoms with Crippen molar-refractivity contribution >= 4 is 11.8 Å². The summed E-state index contributed by atoms with van der Waals surface area (Å²) in [6.07, 6.45) is 0.880. The lowest BCUT2D eigenvalue weighted by Gasteiger charge is -2.35. The SMILES string of the molecule is O=C(CCCOc1ccccc1)N1CCN(C(=O)c2ccc(F)c(F)c2F)CC1. The molecule has 29 heavy (non-hydrogen) atoms. The van der Waals surface area contributed by atoms with Crippen LogP contribution in [0, 0.1) is 17.5 Å². The van der Waals surface area contributed by atoms with Crippen molar-refractivity contribution in [3.05, 3.63) is 65.5 Å². The molecule has 2 amide bonds. The van der Waals surface area contributed by atoms with Gasteiger partial charge in [-0.1, -0.05) is 18.2 Å². The highest BCUT2D eigenvalue weighted by atomic mass is 19.2. The molecule has 5 nitrogen and oxygen atoms in total. The number of benzene rings is 2. The number of hydrogen-bond donors (Lipinski definition) is 0. The molecule has 0 saturated carbocycles. The molecule has 3 rings (SSSR count). The number of carbonyl (C=O) groups is 2. The van der Waals surface area contributed by atoms with Gasteiger partial charge in [0.15, 0.2) is 17.5 Å². The lowest BCUT2D eigenvalue weighted by molar-refractivity contribution is -0.132. The number of piperazine rings is 1. The van der Waals surface area contributed by atoms with Crippen molar-refractivity contribution < 1.29 is 27.5 Å². The zero-order valence-corrected chi connectivity index (χ0v) is 15.7. The van der Waals surface area contributed by atoms with Crippen LogP contribution in [0.2, 0.25) is 0 Å². The van der Waals surface area contributed by atoms with Crippen molar-refractivity contribution in [1.29, 1.82) is 0 Å². The fourth-order valence-electron chi connectivity index (χ4n) is 3.11. The quantitative estimate of drug-likeness (QED) is 0.547. The van der Waals surface area contributed by atoms with E-state index in [1.807, 2.05) is 30.3 Å². The molecule has 154 valence electrons. The van der Waals surface area contributed by atoms with Crippen LogP contribution in [0.3, 0.4) is 0 Å². The number of halogens is 3. The van der Waals surface area contributed by atoms with Gasteiger partial charge in [-0.15, -0.1) is 0 Å². The summed E-state index contributed by atoms with van der Waals surface area (Å²) in [6.45, 7) is 1.42. The van der Waals surface area contributed by atoms with Gasteiger partial charge in [0.05, 0.1) is 12.2 Å². The predicted octanol–water partition coefficient (Wildman–Crippen LogP) is 3.25. The minimum Gasteiger partial charge on any atom is -0.494 e. The average Bonchev–Trinajstić information content (AvgIpc) is 2.75. The molecule has 0 unspecified atom stereocenters. The predicted molar refractivity (Wildman–Crippen MR) is 100.0 cm³/mol. The van der Waals surface area contributed by atoms with Crippen molar-refractivity contribution in [3.63, 3.8) is 0 Å². The fraction of sp³-hybridized carbons (Fsp3) is 0.333. The van der Waals surface area contributed by atoms with E-state index in [9.17, 15) is 22.8 Å². The third-order valence-corrected chi connectivity index (χ3v) is 4.73. The minimum absolute atomic E-state index is 0.0484. The number of rotatable bonds is 6. The van der Waals surface area contributed by atoms with E-state index >= 15 is 0 Å². The summed E-state index contributed by atoms with van der Waals surface area (Å²) in [5, 5.41) is 0. The normalized spacial score (nSPS) is 14.0. The lowest BCUT2D eigenvalue weighted by atomic mass is 10.1. The van der Waals surface area contributed by atoms with Crippen LogP contribution in [-0.4, -0.2) is 54.4 Å². The van der Waals surface area contributed by atoms with Gasteiger partial charge in [-0.05, 0) is 30.7 Å². The summed E-state index contributed by atoms with van der Waals surface area (Å²) >= 11 is 0. The second-order valence-corrected chi connectivity index (χ2v) is 6.66. The molecule has 0 aliphatic carbocycles. The molecular formula is C21H21F3N2O3. The fourth-order valence-corrected chi connectivity index (χ4v) is 3.11. The van der Waals surface area contributed by atoms with Gasteiger partial charge in [0.2, 0.25) is 5.91 Å². The van der Waals surface area contributed by atoms with Crippen molar-refractivity contribution in [2.75, 3.05) is 32.8 Å². The summed E-state index contributed by atoms with van der Waals surface area (Å²) in [6, 6.07) is 11.0. The van der Waals surface area contributed by atoms with E-state index in [-0.39, 0.29) is 19.0 Å². The molecule has 0 aromatic heterocycles. The van der Waals surface area contributed by atoms with Crippen LogP contribution in [0.4, 0.5) is 13.2 Å². The first-order chi connectivity index (χ1) is 14.0. The smallest absolute Gasteiger partial charge is 0.257 e. The summed E-state index contributed by atoms with van der Waals surface area (Å²) < 4.78 is 45.8. The van der Waals surface area contributed by atoms with E-state index in [1.54, 1.807) is 4.90 Å². The first-order valence-corrected chi connectivity index (χ1v) is 9.36. The maximum Gasteiger partial charge on any atom is 0.257 e. The highest BCUT2D eigenvalue weighted by Gasteiger charge is 2.27. The number of carbonyl (C=O) groups excluding carboxylic acids is 2. The molecule has 0 radical (unpaired) electrons. The van der Waals surface area contributed by atoms with Gasteiger partial charge >= 0.3 is 0 Å². The van der Waals surface area contributed by atoms with Crippen molar-refractivity contribution in [2.24, 2.45) is 0 Å². The Bertz CT molecular complexity index is 869. The van der Waals surface area contributed by atoms with Gasteiger partial charge < -0.3 is 14.5 Å². The Morgan fingerprint density at radius 2 is 1.52 bits per heavy atom. The average molecular weight is 406 g/mol. The Labute approximate surface area is 166 Å². The van der Waals surface area contributed by atoms with Crippen molar-refractivity contribution in [1.82, 2.24) is 9.80 Å². The van der Waals surface area contributed by atoms with Crippen LogP contribution >= 0.6 is 0 Å². The van der Waals surface area contributed by atoms with Gasteiger partial charge in [-0.25, -0.2) is 13.2 Å². The minimum atomic E-state index is -1.66. The Hall–Kier alpha value is -3.03. The van der Waals surface area contributed by atoms with E-state index in [1.165, 1.54) is 4.90 Å². The van der Waals surface area contributed by atoms with Gasteiger partial charge in [0.1, 0.15) is 5.75 Å². The molecule has 1 saturated heterocycles. The summed E-state index contributed by atoms with van der Waals surface area (Å²) in [5.74, 6) is -4.52. The largest absolute Gasteiger partial charge is 0.494 e. The third-order valence-electron chi connectivity index (χ3n) is 4.73. The van der Waals surface area contributed by atoms with Crippen LogP contribution in [0.5, 0.6) is 5.75 Å². The molecule has 1 fully saturated rings. The van der Waals surface area contributed by atoms with Crippen LogP contribution in [0.25, 0.3) is 0 Å². The number of amides is 2. The van der Waals surface area contributed by atoms with E-state index in [0.717, 1.165) is 17.9 Å². The van der Waals surface area contributed by atoms with E-state index in [0.29, 0.717) is 32.5 Å². The van der Waals surface area contributed by atoms with Gasteiger partial charge in [0, 0.05) is 32.6 Å². The standard InChI is InChI=1S/C21H21F3N2O3/c22-17-9-8-16(19(23)20(17)24)21(28)26-12-10-25(11-13-26)18(27)7-4-14-29-15-5-2-1-3-6-15/h1-3,5-6,8-9H,4,7,10-14H2. The lowest BCUT2D eigenvalue weighted by Crippen LogP contribution is -2.50. The number of hydrogen-bond acceptors (Lipinski definition) is 3. The van der Waals surface area contributed by atoms with Crippen LogP contribution in [0.15, 0.2) is 42.5 Å². The Morgan fingerprint density at radius 1 is 0.862 bits per heavy atom. The number of para-hydroxylation sites is 1. The summed E-state index contributed by atoms with van der Waals surface area (Å²) in [7, 11) is 0. The summed E-state index contributed by atoms with van der Waals surface area (Å²) in [5.41, 5.74) is -0.512. The third kappa shape index (κ3) is 5.07. The molecule has 1 aliphatic heterocycles. The Kier molecular flexibility index (Phi) is 6.74. The monoisotopic (exact) mass is 406 g/mol. The zero-order valence-electron chi connectivity index (χ0n) is 15.7. The van der Waals surface area contributed by atoms with Gasteiger partial charge in [-0.2, -0.15) is 0 Å². The molecule has 2 aromatic carbocycles. The number of ether oxygens (including phenoxy) is 1. The zero-order chi connectivity index (χ0) is 20.8. The molecule has 0 N–H and O–H groups in total. The molecule has 0 atom stereocenters. The number of nitrogens with zero attached hydrogens (tertiary/aromatic N) is 2. The Balaban J connectivity index is 1.44. The van der Waals surface area contributed by atoms with Crippen LogP contribution < -0.4 is 4.74 Å². The van der Waals surface area contributed by atoms with Gasteiger partial charge in [0.25, 0.3) is 5.91 Å². The van der Waals surface area contributed by atoms with Crippen molar-refractivity contribution in [3.8, 4) is 5.75 Å². The van der Waals surface area contributed by atoms with Crippen molar-refractivity contribution in [2.45, 2.75) is 12.8 Å². The first kappa shape index (κ1) is 20.7. The maximum absolute atomic E-state index is 13.8. The first-order valence-electron chi connectivity index (χ1n) is 9.36. The highest BCUT2D eigenvalue weighted by Crippen LogP contribution is 2.18. The molecule has 8 heteroatoms. The second-order valence-electron chi connectivity index (χ2n) is 6.66. The molecule has 2 aromatic rings. The van der Waals surface area contributed by atoms with Crippen LogP contribution in [-0.2, 0) is 4.79 Å². The van der Waals surface area contributed by atoms with E-state index < -0.39 is 28.9 Å². The molecule has 1 aliphatic rings. The highest BCUT2D eigenvalue weighted by molar-refractivity contribution is 5.94. The summed E-state index contributed by atoms with van der Waals surface area (Å²) in [4.78, 5) is 27.7. The molecule has 0 spiro atoms. The van der Waals surface area contributed by atoms with E-state index in [2.05, 4.69) is 0 Å². The molecule has 0 bridgehead atoms. The molecule has 1 heterocycles. The second kappa shape index (κ2) is 9.45. The Morgan fingerprint density at radius 3 is 2.21 bits per heavy atom. The molecular weight excluding hydrogens is 385 g/mol.